The zero-order valence-corrected chi connectivity index (χ0v) is 18.9. The van der Waals surface area contributed by atoms with Crippen LogP contribution in [0.2, 0.25) is 0 Å². The van der Waals surface area contributed by atoms with Gasteiger partial charge in [0.15, 0.2) is 24.1 Å². The molecule has 0 aliphatic carbocycles. The molecule has 35 heavy (non-hydrogen) atoms. The number of benzene rings is 2. The number of nitrogens with zero attached hydrogens (tertiary/aromatic N) is 4. The van der Waals surface area contributed by atoms with Gasteiger partial charge in [-0.2, -0.15) is 4.68 Å². The fraction of sp³-hybridized carbons (Fsp3) is 0.208. The Kier molecular flexibility index (Phi) is 5.98. The molecule has 1 unspecified atom stereocenters. The Morgan fingerprint density at radius 3 is 2.83 bits per heavy atom. The highest BCUT2D eigenvalue weighted by atomic mass is 16.7. The maximum absolute atomic E-state index is 12.8. The molecule has 11 nitrogen and oxygen atoms in total. The van der Waals surface area contributed by atoms with E-state index in [0.29, 0.717) is 41.7 Å². The van der Waals surface area contributed by atoms with Crippen LogP contribution in [0.3, 0.4) is 0 Å². The number of nitrogen functional groups attached to an aromatic ring is 1. The van der Waals surface area contributed by atoms with Crippen LogP contribution in [0.25, 0.3) is 5.82 Å². The number of nitrogens with two attached hydrogens (primary N) is 1. The second-order valence-corrected chi connectivity index (χ2v) is 7.98. The Morgan fingerprint density at radius 1 is 1.29 bits per heavy atom. The lowest BCUT2D eigenvalue weighted by Gasteiger charge is -2.23. The minimum absolute atomic E-state index is 0.000401. The number of rotatable bonds is 7. The molecule has 4 N–H and O–H groups in total. The van der Waals surface area contributed by atoms with Crippen LogP contribution < -0.4 is 20.9 Å². The first kappa shape index (κ1) is 22.3. The average Bonchev–Trinajstić information content (AvgIpc) is 3.28. The molecule has 0 amide bonds. The van der Waals surface area contributed by atoms with Crippen molar-refractivity contribution in [2.24, 2.45) is 5.73 Å². The average molecular weight is 473 g/mol. The molecule has 3 heterocycles. The van der Waals surface area contributed by atoms with E-state index in [9.17, 15) is 4.79 Å². The molecule has 0 bridgehead atoms. The van der Waals surface area contributed by atoms with Crippen molar-refractivity contribution >= 4 is 5.84 Å². The topological polar surface area (TPSA) is 154 Å². The molecule has 0 radical (unpaired) electrons. The summed E-state index contributed by atoms with van der Waals surface area (Å²) in [6.45, 7) is 0.536. The minimum atomic E-state index is -0.422. The monoisotopic (exact) mass is 473 g/mol. The lowest BCUT2D eigenvalue weighted by molar-refractivity contribution is -0.0180. The van der Waals surface area contributed by atoms with Gasteiger partial charge in [-0.15, -0.1) is 5.10 Å². The van der Waals surface area contributed by atoms with Crippen LogP contribution in [-0.4, -0.2) is 44.5 Å². The Hall–Kier alpha value is -4.51. The molecular weight excluding hydrogens is 450 g/mol. The summed E-state index contributed by atoms with van der Waals surface area (Å²) in [5.74, 6) is 1.65. The molecule has 5 rings (SSSR count). The van der Waals surface area contributed by atoms with Gasteiger partial charge in [-0.1, -0.05) is 24.3 Å². The van der Waals surface area contributed by atoms with E-state index in [0.717, 1.165) is 16.7 Å². The van der Waals surface area contributed by atoms with E-state index in [1.807, 2.05) is 24.3 Å². The number of hydrogen-bond donors (Lipinski definition) is 3. The summed E-state index contributed by atoms with van der Waals surface area (Å²) in [7, 11) is 1.58. The fourth-order valence-corrected chi connectivity index (χ4v) is 4.04. The molecule has 1 aliphatic heterocycles. The third-order valence-corrected chi connectivity index (χ3v) is 5.76. The van der Waals surface area contributed by atoms with E-state index >= 15 is 0 Å². The Bertz CT molecular complexity index is 1400. The van der Waals surface area contributed by atoms with E-state index in [2.05, 4.69) is 20.1 Å². The summed E-state index contributed by atoms with van der Waals surface area (Å²) >= 11 is 0. The lowest BCUT2D eigenvalue weighted by atomic mass is 9.89. The van der Waals surface area contributed by atoms with Crippen molar-refractivity contribution in [2.45, 2.75) is 18.9 Å². The summed E-state index contributed by atoms with van der Waals surface area (Å²) in [4.78, 5) is 23.9. The largest absolute Gasteiger partial charge is 0.493 e. The summed E-state index contributed by atoms with van der Waals surface area (Å²) in [6, 6.07) is 11.3. The Balaban J connectivity index is 1.60. The smallest absolute Gasteiger partial charge is 0.349 e. The molecule has 2 aromatic heterocycles. The van der Waals surface area contributed by atoms with Gasteiger partial charge < -0.3 is 19.9 Å². The molecule has 0 saturated carbocycles. The third-order valence-electron chi connectivity index (χ3n) is 5.76. The number of aromatic nitrogens is 5. The van der Waals surface area contributed by atoms with Crippen molar-refractivity contribution in [3.63, 3.8) is 0 Å². The number of amidine groups is 1. The second kappa shape index (κ2) is 9.39. The first-order chi connectivity index (χ1) is 17.0. The van der Waals surface area contributed by atoms with Crippen LogP contribution in [0, 0.1) is 5.41 Å². The van der Waals surface area contributed by atoms with Gasteiger partial charge in [-0.05, 0) is 29.7 Å². The summed E-state index contributed by atoms with van der Waals surface area (Å²) < 4.78 is 17.9. The summed E-state index contributed by atoms with van der Waals surface area (Å²) in [5, 5.41) is 12.2. The van der Waals surface area contributed by atoms with Crippen molar-refractivity contribution in [3.8, 4) is 17.3 Å². The van der Waals surface area contributed by atoms with Crippen molar-refractivity contribution in [3.05, 3.63) is 93.6 Å². The predicted octanol–water partition coefficient (Wildman–Crippen LogP) is 1.88. The Labute approximate surface area is 200 Å². The van der Waals surface area contributed by atoms with E-state index in [4.69, 9.17) is 25.4 Å². The summed E-state index contributed by atoms with van der Waals surface area (Å²) in [6.07, 6.45) is 5.01. The molecule has 178 valence electrons. The zero-order valence-electron chi connectivity index (χ0n) is 18.9. The number of methoxy groups -OCH3 is 1. The molecular formula is C24H23N7O4. The van der Waals surface area contributed by atoms with Crippen LogP contribution in [0.4, 0.5) is 0 Å². The van der Waals surface area contributed by atoms with E-state index < -0.39 is 5.69 Å². The predicted molar refractivity (Wildman–Crippen MR) is 126 cm³/mol. The van der Waals surface area contributed by atoms with Gasteiger partial charge in [0.2, 0.25) is 0 Å². The SMILES string of the molecule is COc1cc(C(Cc2ccc(C(=N)N)cc2)c2nn(-c3cnccn3)c(=O)[nH]2)cc2c1OCOC2. The van der Waals surface area contributed by atoms with Gasteiger partial charge in [0.25, 0.3) is 0 Å². The van der Waals surface area contributed by atoms with E-state index in [1.54, 1.807) is 19.2 Å². The van der Waals surface area contributed by atoms with Gasteiger partial charge in [0, 0.05) is 29.4 Å². The highest BCUT2D eigenvalue weighted by molar-refractivity contribution is 5.94. The van der Waals surface area contributed by atoms with Gasteiger partial charge >= 0.3 is 5.69 Å². The number of hydrogen-bond acceptors (Lipinski definition) is 8. The molecule has 1 aliphatic rings. The number of nitrogens with one attached hydrogen (secondary N) is 2. The Morgan fingerprint density at radius 2 is 2.11 bits per heavy atom. The molecule has 1 atom stereocenters. The highest BCUT2D eigenvalue weighted by Crippen LogP contribution is 2.39. The first-order valence-electron chi connectivity index (χ1n) is 10.8. The quantitative estimate of drug-likeness (QED) is 0.272. The molecule has 11 heteroatoms. The van der Waals surface area contributed by atoms with Crippen molar-refractivity contribution in [2.75, 3.05) is 13.9 Å². The van der Waals surface area contributed by atoms with Crippen molar-refractivity contribution in [1.29, 1.82) is 5.41 Å². The van der Waals surface area contributed by atoms with Crippen molar-refractivity contribution in [1.82, 2.24) is 24.7 Å². The maximum atomic E-state index is 12.8. The maximum Gasteiger partial charge on any atom is 0.349 e. The molecule has 0 fully saturated rings. The third kappa shape index (κ3) is 4.49. The second-order valence-electron chi connectivity index (χ2n) is 7.98. The number of ether oxygens (including phenoxy) is 3. The fourth-order valence-electron chi connectivity index (χ4n) is 4.04. The lowest BCUT2D eigenvalue weighted by Crippen LogP contribution is -2.17. The minimum Gasteiger partial charge on any atom is -0.493 e. The van der Waals surface area contributed by atoms with E-state index in [-0.39, 0.29) is 18.5 Å². The molecule has 2 aromatic carbocycles. The first-order valence-corrected chi connectivity index (χ1v) is 10.8. The molecule has 0 spiro atoms. The van der Waals surface area contributed by atoms with Crippen LogP contribution in [-0.2, 0) is 17.8 Å². The van der Waals surface area contributed by atoms with Gasteiger partial charge in [-0.25, -0.2) is 9.78 Å². The highest BCUT2D eigenvalue weighted by Gasteiger charge is 2.25. The van der Waals surface area contributed by atoms with Gasteiger partial charge in [0.1, 0.15) is 11.7 Å². The van der Waals surface area contributed by atoms with Gasteiger partial charge in [0.05, 0.1) is 19.9 Å². The molecule has 4 aromatic rings. The summed E-state index contributed by atoms with van der Waals surface area (Å²) in [5.41, 5.74) is 8.50. The molecule has 0 saturated heterocycles. The number of aromatic amines is 1. The van der Waals surface area contributed by atoms with Crippen LogP contribution >= 0.6 is 0 Å². The number of fused-ring (bicyclic) bond motifs is 1. The normalized spacial score (nSPS) is 13.5. The van der Waals surface area contributed by atoms with Crippen LogP contribution in [0.5, 0.6) is 11.5 Å². The van der Waals surface area contributed by atoms with Crippen molar-refractivity contribution < 1.29 is 14.2 Å². The number of H-pyrrole nitrogens is 1. The van der Waals surface area contributed by atoms with E-state index in [1.165, 1.54) is 23.3 Å². The zero-order chi connectivity index (χ0) is 24.4. The van der Waals surface area contributed by atoms with Crippen LogP contribution in [0.1, 0.15) is 34.0 Å². The standard InChI is InChI=1S/C24H23N7O4/c1-33-19-10-16(9-17-12-34-13-35-21(17)19)18(8-14-2-4-15(5-3-14)22(25)26)23-29-24(32)31(30-23)20-11-27-6-7-28-20/h2-7,9-11,18H,8,12-13H2,1H3,(H3,25,26)(H,29,30,32). The van der Waals surface area contributed by atoms with Crippen LogP contribution in [0.15, 0.2) is 59.8 Å². The van der Waals surface area contributed by atoms with Gasteiger partial charge in [-0.3, -0.25) is 15.4 Å².